The highest BCUT2D eigenvalue weighted by atomic mass is 19.2. The normalized spacial score (nSPS) is 11.6. The molecular weight excluding hydrogens is 901 g/mol. The number of halogens is 20. The summed E-state index contributed by atoms with van der Waals surface area (Å²) < 4.78 is 296. The molecule has 0 fully saturated rings. The van der Waals surface area contributed by atoms with Crippen LogP contribution in [0.4, 0.5) is 87.8 Å². The van der Waals surface area contributed by atoms with Gasteiger partial charge in [0.25, 0.3) is 5.52 Å². The Bertz CT molecular complexity index is 2610. The van der Waals surface area contributed by atoms with Crippen LogP contribution in [0.25, 0.3) is 10.9 Å². The van der Waals surface area contributed by atoms with Crippen LogP contribution in [0.3, 0.4) is 0 Å². The van der Waals surface area contributed by atoms with Crippen molar-refractivity contribution in [2.24, 2.45) is 0 Å². The standard InChI is InChI=1S/C24BF20.C16H14NO/c26-5-1(6(27)14(35)21(42)13(5)34)25(2-7(28)15(36)22(43)16(37)8(2)29,3-9(30)17(38)23(44)18(39)10(3)31)4-11(32)19(40)24(45)20(41)12(4)33;1-13-8-10-15(11-9-13)18-17-12-4-6-14-5-2-3-7-16(14)17/h;2-12H,1H3/q-1;+1. The SMILES string of the molecule is Cc1ccc(O[n+]2cccc3ccccc32)cc1.Fc1c(F)c(F)c([B-](c2c(F)c(F)c(F)c(F)c2F)(c2c(F)c(F)c(F)c(F)c2F)c2c(F)c(F)c(F)c(F)c2F)c(F)c1F. The third kappa shape index (κ3) is 7.11. The first kappa shape index (κ1) is 45.7. The van der Waals surface area contributed by atoms with E-state index in [0.29, 0.717) is 0 Å². The summed E-state index contributed by atoms with van der Waals surface area (Å²) in [5.74, 6) is -70.6. The Labute approximate surface area is 337 Å². The van der Waals surface area contributed by atoms with Gasteiger partial charge in [0, 0.05) is 16.9 Å². The van der Waals surface area contributed by atoms with E-state index in [2.05, 4.69) is 19.1 Å². The summed E-state index contributed by atoms with van der Waals surface area (Å²) in [4.78, 5) is 5.86. The van der Waals surface area contributed by atoms with E-state index in [-0.39, 0.29) is 0 Å². The minimum Gasteiger partial charge on any atom is -0.231 e. The fraction of sp³-hybridized carbons (Fsp3) is 0.0250. The second kappa shape index (κ2) is 16.8. The highest BCUT2D eigenvalue weighted by molar-refractivity contribution is 7.20. The van der Waals surface area contributed by atoms with Crippen LogP contribution in [0.2, 0.25) is 0 Å². The molecule has 1 heterocycles. The number of benzene rings is 6. The molecule has 6 aromatic carbocycles. The second-order valence-corrected chi connectivity index (χ2v) is 13.1. The van der Waals surface area contributed by atoms with Crippen molar-refractivity contribution in [3.05, 3.63) is 189 Å². The Kier molecular flexibility index (Phi) is 12.2. The Hall–Kier alpha value is -6.81. The molecule has 0 amide bonds. The summed E-state index contributed by atoms with van der Waals surface area (Å²) in [6, 6.07) is 20.3. The van der Waals surface area contributed by atoms with E-state index in [0.717, 1.165) is 16.7 Å². The molecule has 1 aromatic heterocycles. The van der Waals surface area contributed by atoms with E-state index in [1.165, 1.54) is 5.56 Å². The summed E-state index contributed by atoms with van der Waals surface area (Å²) >= 11 is 0. The van der Waals surface area contributed by atoms with Crippen LogP contribution in [0.1, 0.15) is 5.56 Å². The van der Waals surface area contributed by atoms with E-state index in [9.17, 15) is 52.7 Å². The van der Waals surface area contributed by atoms with E-state index in [1.807, 2.05) is 54.7 Å². The molecule has 63 heavy (non-hydrogen) atoms. The molecule has 0 atom stereocenters. The summed E-state index contributed by atoms with van der Waals surface area (Å²) in [5.41, 5.74) is -12.0. The van der Waals surface area contributed by atoms with Crippen molar-refractivity contribution < 1.29 is 97.4 Å². The second-order valence-electron chi connectivity index (χ2n) is 13.1. The summed E-state index contributed by atoms with van der Waals surface area (Å²) in [7, 11) is 0. The zero-order chi connectivity index (χ0) is 46.7. The molecular formula is C40H14BF20NO. The quantitative estimate of drug-likeness (QED) is 0.0534. The number of fused-ring (bicyclic) bond motifs is 1. The molecule has 328 valence electrons. The fourth-order valence-corrected chi connectivity index (χ4v) is 6.80. The number of pyridine rings is 1. The van der Waals surface area contributed by atoms with Crippen LogP contribution in [-0.2, 0) is 0 Å². The molecule has 0 saturated carbocycles. The minimum absolute atomic E-state index is 0.835. The Morgan fingerprint density at radius 1 is 0.333 bits per heavy atom. The van der Waals surface area contributed by atoms with Crippen molar-refractivity contribution in [1.82, 2.24) is 0 Å². The lowest BCUT2D eigenvalue weighted by molar-refractivity contribution is -0.854. The number of aryl methyl sites for hydroxylation is 1. The third-order valence-electron chi connectivity index (χ3n) is 9.60. The predicted molar refractivity (Wildman–Crippen MR) is 181 cm³/mol. The van der Waals surface area contributed by atoms with Crippen molar-refractivity contribution in [2.75, 3.05) is 0 Å². The molecule has 2 nitrogen and oxygen atoms in total. The van der Waals surface area contributed by atoms with E-state index in [1.54, 1.807) is 4.73 Å². The van der Waals surface area contributed by atoms with Crippen molar-refractivity contribution in [3.63, 3.8) is 0 Å². The van der Waals surface area contributed by atoms with Gasteiger partial charge >= 0.3 is 0 Å². The van der Waals surface area contributed by atoms with Crippen molar-refractivity contribution in [2.45, 2.75) is 6.92 Å². The predicted octanol–water partition coefficient (Wildman–Crippen LogP) is 9.12. The number of hydrogen-bond donors (Lipinski definition) is 0. The smallest absolute Gasteiger partial charge is 0.231 e. The highest BCUT2D eigenvalue weighted by Gasteiger charge is 2.52. The van der Waals surface area contributed by atoms with Gasteiger partial charge in [0.15, 0.2) is 69.8 Å². The molecule has 0 aliphatic heterocycles. The maximum absolute atomic E-state index is 15.4. The van der Waals surface area contributed by atoms with Gasteiger partial charge in [-0.05, 0) is 31.2 Å². The van der Waals surface area contributed by atoms with Crippen molar-refractivity contribution in [1.29, 1.82) is 0 Å². The molecule has 0 N–H and O–H groups in total. The average Bonchev–Trinajstić information content (AvgIpc) is 3.27. The van der Waals surface area contributed by atoms with Gasteiger partial charge in [0.2, 0.25) is 11.9 Å². The lowest BCUT2D eigenvalue weighted by atomic mass is 9.12. The van der Waals surface area contributed by atoms with Gasteiger partial charge in [-0.3, -0.25) is 0 Å². The monoisotopic (exact) mass is 915 g/mol. The van der Waals surface area contributed by atoms with Crippen LogP contribution >= 0.6 is 0 Å². The number of hydrogen-bond acceptors (Lipinski definition) is 1. The number of aromatic nitrogens is 1. The summed E-state index contributed by atoms with van der Waals surface area (Å²) in [6.07, 6.45) is -5.30. The van der Waals surface area contributed by atoms with Crippen LogP contribution in [-0.4, -0.2) is 6.15 Å². The van der Waals surface area contributed by atoms with Crippen molar-refractivity contribution >= 4 is 38.9 Å². The van der Waals surface area contributed by atoms with Crippen molar-refractivity contribution in [3.8, 4) is 5.75 Å². The Morgan fingerprint density at radius 2 is 0.603 bits per heavy atom. The Balaban J connectivity index is 0.000000302. The molecule has 7 rings (SSSR count). The zero-order valence-electron chi connectivity index (χ0n) is 30.3. The Morgan fingerprint density at radius 3 is 0.921 bits per heavy atom. The molecule has 0 unspecified atom stereocenters. The summed E-state index contributed by atoms with van der Waals surface area (Å²) in [6.45, 7) is 2.06. The van der Waals surface area contributed by atoms with Gasteiger partial charge < -0.3 is 0 Å². The van der Waals surface area contributed by atoms with Gasteiger partial charge in [-0.15, -0.1) is 21.9 Å². The minimum atomic E-state index is -7.22. The first-order valence-corrected chi connectivity index (χ1v) is 16.9. The van der Waals surface area contributed by atoms with E-state index < -0.39 is 144 Å². The number of para-hydroxylation sites is 1. The summed E-state index contributed by atoms with van der Waals surface area (Å²) in [5, 5.41) is 1.16. The van der Waals surface area contributed by atoms with Gasteiger partial charge in [-0.25, -0.2) is 92.6 Å². The van der Waals surface area contributed by atoms with Crippen LogP contribution in [0.5, 0.6) is 5.75 Å². The molecule has 0 aliphatic carbocycles. The lowest BCUT2D eigenvalue weighted by Crippen LogP contribution is -2.81. The van der Waals surface area contributed by atoms with E-state index in [4.69, 9.17) is 4.84 Å². The van der Waals surface area contributed by atoms with Crippen LogP contribution < -0.4 is 31.4 Å². The van der Waals surface area contributed by atoms with Gasteiger partial charge in [0.1, 0.15) is 52.7 Å². The topological polar surface area (TPSA) is 13.1 Å². The maximum Gasteiger partial charge on any atom is 0.265 e. The molecule has 0 spiro atoms. The fourth-order valence-electron chi connectivity index (χ4n) is 6.80. The van der Waals surface area contributed by atoms with Gasteiger partial charge in [-0.1, -0.05) is 29.8 Å². The maximum atomic E-state index is 15.4. The lowest BCUT2D eigenvalue weighted by Gasteiger charge is -2.44. The molecule has 0 aliphatic rings. The first-order valence-electron chi connectivity index (χ1n) is 16.9. The number of nitrogens with zero attached hydrogens (tertiary/aromatic N) is 1. The van der Waals surface area contributed by atoms with Crippen LogP contribution in [0, 0.1) is 123 Å². The van der Waals surface area contributed by atoms with Crippen LogP contribution in [0.15, 0.2) is 66.9 Å². The molecule has 7 aromatic rings. The number of rotatable bonds is 6. The average molecular weight is 915 g/mol. The molecule has 0 saturated heterocycles. The third-order valence-corrected chi connectivity index (χ3v) is 9.60. The zero-order valence-corrected chi connectivity index (χ0v) is 30.3. The van der Waals surface area contributed by atoms with Gasteiger partial charge in [0.05, 0.1) is 5.39 Å². The van der Waals surface area contributed by atoms with E-state index >= 15 is 35.1 Å². The molecule has 0 radical (unpaired) electrons. The first-order chi connectivity index (χ1) is 29.5. The molecule has 23 heteroatoms. The molecule has 0 bridgehead atoms. The highest BCUT2D eigenvalue weighted by Crippen LogP contribution is 2.31. The largest absolute Gasteiger partial charge is 0.265 e. The van der Waals surface area contributed by atoms with Gasteiger partial charge in [-0.2, -0.15) is 0 Å².